The summed E-state index contributed by atoms with van der Waals surface area (Å²) in [7, 11) is 0. The van der Waals surface area contributed by atoms with Crippen LogP contribution in [0, 0.1) is 0 Å². The van der Waals surface area contributed by atoms with E-state index in [4.69, 9.17) is 22.1 Å². The van der Waals surface area contributed by atoms with Crippen LogP contribution < -0.4 is 10.5 Å². The molecule has 0 aliphatic rings. The van der Waals surface area contributed by atoms with Crippen LogP contribution in [-0.4, -0.2) is 0 Å². The number of ether oxygens (including phenoxy) is 1. The SMILES string of the molecule is NCc1cccc(COc2cc(Br)ccc2Cl)c1. The lowest BCUT2D eigenvalue weighted by molar-refractivity contribution is 0.306. The normalized spacial score (nSPS) is 10.4. The van der Waals surface area contributed by atoms with Crippen molar-refractivity contribution in [2.24, 2.45) is 5.73 Å². The van der Waals surface area contributed by atoms with Crippen LogP contribution in [0.3, 0.4) is 0 Å². The van der Waals surface area contributed by atoms with Crippen molar-refractivity contribution in [1.82, 2.24) is 0 Å². The summed E-state index contributed by atoms with van der Waals surface area (Å²) in [5.74, 6) is 0.671. The van der Waals surface area contributed by atoms with Crippen molar-refractivity contribution < 1.29 is 4.74 Å². The lowest BCUT2D eigenvalue weighted by Crippen LogP contribution is -2.00. The Morgan fingerprint density at radius 3 is 2.67 bits per heavy atom. The molecule has 0 atom stereocenters. The summed E-state index contributed by atoms with van der Waals surface area (Å²) in [4.78, 5) is 0. The van der Waals surface area contributed by atoms with Crippen molar-refractivity contribution in [2.45, 2.75) is 13.2 Å². The zero-order chi connectivity index (χ0) is 13.0. The molecule has 0 unspecified atom stereocenters. The molecule has 94 valence electrons. The molecule has 2 aromatic carbocycles. The maximum Gasteiger partial charge on any atom is 0.139 e. The molecule has 2 N–H and O–H groups in total. The molecule has 0 spiro atoms. The Balaban J connectivity index is 2.08. The quantitative estimate of drug-likeness (QED) is 0.916. The summed E-state index contributed by atoms with van der Waals surface area (Å²) in [6, 6.07) is 13.5. The van der Waals surface area contributed by atoms with Crippen molar-refractivity contribution in [3.8, 4) is 5.75 Å². The Morgan fingerprint density at radius 1 is 1.11 bits per heavy atom. The first-order chi connectivity index (χ1) is 8.69. The molecule has 2 nitrogen and oxygen atoms in total. The monoisotopic (exact) mass is 325 g/mol. The minimum absolute atomic E-state index is 0.476. The van der Waals surface area contributed by atoms with Gasteiger partial charge in [0, 0.05) is 11.0 Å². The summed E-state index contributed by atoms with van der Waals surface area (Å²) in [5.41, 5.74) is 7.77. The van der Waals surface area contributed by atoms with Gasteiger partial charge in [-0.3, -0.25) is 0 Å². The van der Waals surface area contributed by atoms with Crippen LogP contribution in [0.4, 0.5) is 0 Å². The van der Waals surface area contributed by atoms with Gasteiger partial charge in [0.2, 0.25) is 0 Å². The number of hydrogen-bond donors (Lipinski definition) is 1. The third-order valence-corrected chi connectivity index (χ3v) is 3.32. The second-order valence-corrected chi connectivity index (χ2v) is 5.21. The third-order valence-electron chi connectivity index (χ3n) is 2.51. The van der Waals surface area contributed by atoms with E-state index < -0.39 is 0 Å². The van der Waals surface area contributed by atoms with Crippen LogP contribution in [0.5, 0.6) is 5.75 Å². The molecule has 0 saturated heterocycles. The van der Waals surface area contributed by atoms with Crippen molar-refractivity contribution in [2.75, 3.05) is 0 Å². The van der Waals surface area contributed by atoms with E-state index in [0.29, 0.717) is 23.9 Å². The minimum Gasteiger partial charge on any atom is -0.487 e. The standard InChI is InChI=1S/C14H13BrClNO/c15-12-4-5-13(16)14(7-12)18-9-11-3-1-2-10(6-11)8-17/h1-7H,8-9,17H2. The summed E-state index contributed by atoms with van der Waals surface area (Å²) in [6.07, 6.45) is 0. The van der Waals surface area contributed by atoms with Gasteiger partial charge in [0.15, 0.2) is 0 Å². The van der Waals surface area contributed by atoms with Gasteiger partial charge in [-0.15, -0.1) is 0 Å². The lowest BCUT2D eigenvalue weighted by Gasteiger charge is -2.09. The van der Waals surface area contributed by atoms with Crippen LogP contribution >= 0.6 is 27.5 Å². The molecule has 0 saturated carbocycles. The maximum absolute atomic E-state index is 6.06. The van der Waals surface area contributed by atoms with Gasteiger partial charge in [-0.05, 0) is 29.3 Å². The smallest absolute Gasteiger partial charge is 0.139 e. The average molecular weight is 327 g/mol. The molecule has 2 aromatic rings. The van der Waals surface area contributed by atoms with Crippen LogP contribution in [0.1, 0.15) is 11.1 Å². The summed E-state index contributed by atoms with van der Waals surface area (Å²) >= 11 is 9.45. The average Bonchev–Trinajstić information content (AvgIpc) is 2.40. The zero-order valence-corrected chi connectivity index (χ0v) is 12.0. The molecule has 0 aliphatic heterocycles. The molecule has 4 heteroatoms. The van der Waals surface area contributed by atoms with Crippen molar-refractivity contribution in [3.05, 3.63) is 63.1 Å². The summed E-state index contributed by atoms with van der Waals surface area (Å²) < 4.78 is 6.64. The van der Waals surface area contributed by atoms with Gasteiger partial charge < -0.3 is 10.5 Å². The molecule has 0 radical (unpaired) electrons. The fourth-order valence-electron chi connectivity index (χ4n) is 1.60. The molecule has 2 rings (SSSR count). The predicted octanol–water partition coefficient (Wildman–Crippen LogP) is 4.14. The first kappa shape index (κ1) is 13.4. The Bertz CT molecular complexity index is 545. The highest BCUT2D eigenvalue weighted by Gasteiger charge is 2.03. The molecule has 0 fully saturated rings. The molecule has 18 heavy (non-hydrogen) atoms. The van der Waals surface area contributed by atoms with Gasteiger partial charge >= 0.3 is 0 Å². The van der Waals surface area contributed by atoms with Crippen LogP contribution in [0.15, 0.2) is 46.9 Å². The highest BCUT2D eigenvalue weighted by Crippen LogP contribution is 2.28. The number of halogens is 2. The summed E-state index contributed by atoms with van der Waals surface area (Å²) in [5, 5.41) is 0.605. The largest absolute Gasteiger partial charge is 0.487 e. The highest BCUT2D eigenvalue weighted by atomic mass is 79.9. The second kappa shape index (κ2) is 6.23. The molecule has 0 heterocycles. The number of rotatable bonds is 4. The predicted molar refractivity (Wildman–Crippen MR) is 77.8 cm³/mol. The number of nitrogens with two attached hydrogens (primary N) is 1. The van der Waals surface area contributed by atoms with E-state index >= 15 is 0 Å². The van der Waals surface area contributed by atoms with Crippen LogP contribution in [-0.2, 0) is 13.2 Å². The molecule has 0 bridgehead atoms. The number of hydrogen-bond acceptors (Lipinski definition) is 2. The molecule has 0 aromatic heterocycles. The van der Waals surface area contributed by atoms with Crippen molar-refractivity contribution >= 4 is 27.5 Å². The van der Waals surface area contributed by atoms with E-state index in [1.165, 1.54) is 0 Å². The first-order valence-electron chi connectivity index (χ1n) is 5.55. The van der Waals surface area contributed by atoms with Gasteiger partial charge in [-0.2, -0.15) is 0 Å². The highest BCUT2D eigenvalue weighted by molar-refractivity contribution is 9.10. The van der Waals surface area contributed by atoms with Crippen molar-refractivity contribution in [1.29, 1.82) is 0 Å². The molecular weight excluding hydrogens is 314 g/mol. The Hall–Kier alpha value is -1.03. The minimum atomic E-state index is 0.476. The lowest BCUT2D eigenvalue weighted by atomic mass is 10.1. The van der Waals surface area contributed by atoms with E-state index in [1.807, 2.05) is 36.4 Å². The molecule has 0 amide bonds. The Morgan fingerprint density at radius 2 is 1.89 bits per heavy atom. The first-order valence-corrected chi connectivity index (χ1v) is 6.72. The van der Waals surface area contributed by atoms with Crippen LogP contribution in [0.25, 0.3) is 0 Å². The third kappa shape index (κ3) is 3.48. The van der Waals surface area contributed by atoms with Gasteiger partial charge in [0.1, 0.15) is 12.4 Å². The molecule has 0 aliphatic carbocycles. The topological polar surface area (TPSA) is 35.2 Å². The fourth-order valence-corrected chi connectivity index (χ4v) is 2.11. The maximum atomic E-state index is 6.06. The summed E-state index contributed by atoms with van der Waals surface area (Å²) in [6.45, 7) is 1.01. The Labute approximate surface area is 120 Å². The van der Waals surface area contributed by atoms with E-state index in [9.17, 15) is 0 Å². The van der Waals surface area contributed by atoms with Crippen LogP contribution in [0.2, 0.25) is 5.02 Å². The van der Waals surface area contributed by atoms with E-state index in [2.05, 4.69) is 15.9 Å². The zero-order valence-electron chi connectivity index (χ0n) is 9.70. The van der Waals surface area contributed by atoms with E-state index in [-0.39, 0.29) is 0 Å². The number of benzene rings is 2. The van der Waals surface area contributed by atoms with Gasteiger partial charge in [-0.1, -0.05) is 51.8 Å². The fraction of sp³-hybridized carbons (Fsp3) is 0.143. The Kier molecular flexibility index (Phi) is 4.64. The second-order valence-electron chi connectivity index (χ2n) is 3.89. The van der Waals surface area contributed by atoms with Gasteiger partial charge in [-0.25, -0.2) is 0 Å². The van der Waals surface area contributed by atoms with Crippen molar-refractivity contribution in [3.63, 3.8) is 0 Å². The van der Waals surface area contributed by atoms with E-state index in [0.717, 1.165) is 15.6 Å². The van der Waals surface area contributed by atoms with E-state index in [1.54, 1.807) is 6.07 Å². The van der Waals surface area contributed by atoms with Gasteiger partial charge in [0.25, 0.3) is 0 Å². The molecular formula is C14H13BrClNO. The van der Waals surface area contributed by atoms with Gasteiger partial charge in [0.05, 0.1) is 5.02 Å².